The van der Waals surface area contributed by atoms with Crippen LogP contribution in [0.15, 0.2) is 30.5 Å². The smallest absolute Gasteiger partial charge is 0.256 e. The molecule has 1 aliphatic carbocycles. The molecule has 25 heavy (non-hydrogen) atoms. The third kappa shape index (κ3) is 2.58. The number of amides is 1. The van der Waals surface area contributed by atoms with Gasteiger partial charge in [-0.3, -0.25) is 4.79 Å². The molecule has 0 aliphatic heterocycles. The van der Waals surface area contributed by atoms with Crippen molar-refractivity contribution in [2.45, 2.75) is 39.2 Å². The molecule has 1 aromatic carbocycles. The van der Waals surface area contributed by atoms with Crippen LogP contribution in [0, 0.1) is 5.82 Å². The van der Waals surface area contributed by atoms with Gasteiger partial charge in [0.25, 0.3) is 5.91 Å². The molecule has 1 aliphatic rings. The Labute approximate surface area is 144 Å². The van der Waals surface area contributed by atoms with Crippen LogP contribution in [0.4, 0.5) is 10.1 Å². The number of para-hydroxylation sites is 1. The van der Waals surface area contributed by atoms with Crippen LogP contribution in [0.2, 0.25) is 0 Å². The van der Waals surface area contributed by atoms with E-state index < -0.39 is 5.82 Å². The minimum Gasteiger partial charge on any atom is -0.319 e. The zero-order valence-electron chi connectivity index (χ0n) is 14.2. The van der Waals surface area contributed by atoms with Gasteiger partial charge >= 0.3 is 0 Å². The molecule has 3 aromatic rings. The van der Waals surface area contributed by atoms with Crippen molar-refractivity contribution in [2.24, 2.45) is 0 Å². The minimum atomic E-state index is -0.448. The third-order valence-electron chi connectivity index (χ3n) is 4.61. The Balaban J connectivity index is 1.86. The Morgan fingerprint density at radius 1 is 1.28 bits per heavy atom. The number of aryl methyl sites for hydroxylation is 1. The van der Waals surface area contributed by atoms with Gasteiger partial charge in [-0.2, -0.15) is 5.10 Å². The van der Waals surface area contributed by atoms with Crippen LogP contribution in [0.25, 0.3) is 11.0 Å². The number of pyridine rings is 1. The SMILES string of the molecule is CC(C)n1ncc2c(C(=O)Nc3ccccc3F)c3c(nc21)CCC3. The van der Waals surface area contributed by atoms with Crippen molar-refractivity contribution in [1.29, 1.82) is 0 Å². The maximum atomic E-state index is 13.9. The summed E-state index contributed by atoms with van der Waals surface area (Å²) in [6.45, 7) is 4.06. The summed E-state index contributed by atoms with van der Waals surface area (Å²) in [7, 11) is 0. The van der Waals surface area contributed by atoms with Crippen LogP contribution in [0.5, 0.6) is 0 Å². The number of anilines is 1. The van der Waals surface area contributed by atoms with E-state index in [1.54, 1.807) is 24.4 Å². The summed E-state index contributed by atoms with van der Waals surface area (Å²) in [5.41, 5.74) is 3.39. The van der Waals surface area contributed by atoms with Gasteiger partial charge in [-0.1, -0.05) is 12.1 Å². The fraction of sp³-hybridized carbons (Fsp3) is 0.316. The molecule has 128 valence electrons. The van der Waals surface area contributed by atoms with Gasteiger partial charge in [-0.15, -0.1) is 0 Å². The topological polar surface area (TPSA) is 59.8 Å². The number of rotatable bonds is 3. The van der Waals surface area contributed by atoms with Gasteiger partial charge < -0.3 is 5.32 Å². The third-order valence-corrected chi connectivity index (χ3v) is 4.61. The van der Waals surface area contributed by atoms with E-state index in [-0.39, 0.29) is 17.6 Å². The number of carbonyl (C=O) groups is 1. The number of benzene rings is 1. The van der Waals surface area contributed by atoms with Gasteiger partial charge in [0.15, 0.2) is 5.65 Å². The highest BCUT2D eigenvalue weighted by Crippen LogP contribution is 2.31. The van der Waals surface area contributed by atoms with Gasteiger partial charge in [0.1, 0.15) is 5.82 Å². The summed E-state index contributed by atoms with van der Waals surface area (Å²) in [4.78, 5) is 17.7. The van der Waals surface area contributed by atoms with Crippen molar-refractivity contribution < 1.29 is 9.18 Å². The molecule has 2 aromatic heterocycles. The van der Waals surface area contributed by atoms with E-state index in [2.05, 4.69) is 10.4 Å². The second kappa shape index (κ2) is 5.95. The van der Waals surface area contributed by atoms with E-state index in [0.717, 1.165) is 35.9 Å². The summed E-state index contributed by atoms with van der Waals surface area (Å²) in [6, 6.07) is 6.33. The second-order valence-corrected chi connectivity index (χ2v) is 6.62. The average molecular weight is 338 g/mol. The highest BCUT2D eigenvalue weighted by molar-refractivity contribution is 6.13. The molecule has 5 nitrogen and oxygen atoms in total. The number of fused-ring (bicyclic) bond motifs is 2. The molecule has 0 unspecified atom stereocenters. The first-order valence-corrected chi connectivity index (χ1v) is 8.51. The number of nitrogens with one attached hydrogen (secondary N) is 1. The van der Waals surface area contributed by atoms with Gasteiger partial charge in [0.2, 0.25) is 0 Å². The summed E-state index contributed by atoms with van der Waals surface area (Å²) in [5.74, 6) is -0.755. The van der Waals surface area contributed by atoms with Crippen LogP contribution >= 0.6 is 0 Å². The maximum absolute atomic E-state index is 13.9. The maximum Gasteiger partial charge on any atom is 0.256 e. The van der Waals surface area contributed by atoms with Crippen molar-refractivity contribution >= 4 is 22.6 Å². The highest BCUT2D eigenvalue weighted by atomic mass is 19.1. The molecule has 2 heterocycles. The molecule has 1 amide bonds. The lowest BCUT2D eigenvalue weighted by Crippen LogP contribution is -2.16. The highest BCUT2D eigenvalue weighted by Gasteiger charge is 2.26. The monoisotopic (exact) mass is 338 g/mol. The first-order chi connectivity index (χ1) is 12.1. The van der Waals surface area contributed by atoms with Crippen molar-refractivity contribution in [1.82, 2.24) is 14.8 Å². The normalized spacial score (nSPS) is 13.4. The van der Waals surface area contributed by atoms with Crippen LogP contribution in [-0.2, 0) is 12.8 Å². The molecule has 0 spiro atoms. The predicted molar refractivity (Wildman–Crippen MR) is 94.3 cm³/mol. The Morgan fingerprint density at radius 2 is 2.08 bits per heavy atom. The van der Waals surface area contributed by atoms with Crippen LogP contribution in [-0.4, -0.2) is 20.7 Å². The molecule has 4 rings (SSSR count). The van der Waals surface area contributed by atoms with Crippen molar-refractivity contribution in [3.8, 4) is 0 Å². The van der Waals surface area contributed by atoms with Gasteiger partial charge in [-0.25, -0.2) is 14.1 Å². The fourth-order valence-corrected chi connectivity index (χ4v) is 3.44. The molecule has 6 heteroatoms. The molecular weight excluding hydrogens is 319 g/mol. The Hall–Kier alpha value is -2.76. The fourth-order valence-electron chi connectivity index (χ4n) is 3.44. The number of hydrogen-bond acceptors (Lipinski definition) is 3. The quantitative estimate of drug-likeness (QED) is 0.788. The minimum absolute atomic E-state index is 0.145. The van der Waals surface area contributed by atoms with Crippen molar-refractivity contribution in [3.05, 3.63) is 53.1 Å². The van der Waals surface area contributed by atoms with Gasteiger partial charge in [0, 0.05) is 11.7 Å². The Kier molecular flexibility index (Phi) is 3.75. The molecular formula is C19H19FN4O. The van der Waals surface area contributed by atoms with E-state index in [1.165, 1.54) is 6.07 Å². The van der Waals surface area contributed by atoms with E-state index in [0.29, 0.717) is 11.2 Å². The number of hydrogen-bond donors (Lipinski definition) is 1. The predicted octanol–water partition coefficient (Wildman–Crippen LogP) is 3.89. The number of nitrogens with zero attached hydrogens (tertiary/aromatic N) is 3. The molecule has 0 saturated heterocycles. The second-order valence-electron chi connectivity index (χ2n) is 6.62. The lowest BCUT2D eigenvalue weighted by atomic mass is 10.0. The van der Waals surface area contributed by atoms with E-state index in [1.807, 2.05) is 18.5 Å². The first kappa shape index (κ1) is 15.7. The van der Waals surface area contributed by atoms with E-state index >= 15 is 0 Å². The molecule has 0 saturated carbocycles. The molecule has 1 N–H and O–H groups in total. The lowest BCUT2D eigenvalue weighted by Gasteiger charge is -2.13. The molecule has 0 radical (unpaired) electrons. The molecule has 0 fully saturated rings. The zero-order chi connectivity index (χ0) is 17.6. The standard InChI is InChI=1S/C19H19FN4O/c1-11(2)24-18-13(10-21-24)17(12-6-5-9-15(12)22-18)19(25)23-16-8-4-3-7-14(16)20/h3-4,7-8,10-11H,5-6,9H2,1-2H3,(H,23,25). The largest absolute Gasteiger partial charge is 0.319 e. The molecule has 0 bridgehead atoms. The summed E-state index contributed by atoms with van der Waals surface area (Å²) in [5, 5.41) is 7.84. The van der Waals surface area contributed by atoms with E-state index in [9.17, 15) is 9.18 Å². The summed E-state index contributed by atoms with van der Waals surface area (Å²) >= 11 is 0. The summed E-state index contributed by atoms with van der Waals surface area (Å²) in [6.07, 6.45) is 4.33. The number of halogens is 1. The Morgan fingerprint density at radius 3 is 2.84 bits per heavy atom. The van der Waals surface area contributed by atoms with Crippen LogP contribution < -0.4 is 5.32 Å². The van der Waals surface area contributed by atoms with E-state index in [4.69, 9.17) is 4.98 Å². The number of aromatic nitrogens is 3. The first-order valence-electron chi connectivity index (χ1n) is 8.51. The average Bonchev–Trinajstić information content (AvgIpc) is 3.20. The molecule has 0 atom stereocenters. The van der Waals surface area contributed by atoms with Crippen molar-refractivity contribution in [2.75, 3.05) is 5.32 Å². The summed E-state index contributed by atoms with van der Waals surface area (Å²) < 4.78 is 15.7. The van der Waals surface area contributed by atoms with Crippen molar-refractivity contribution in [3.63, 3.8) is 0 Å². The Bertz CT molecular complexity index is 977. The van der Waals surface area contributed by atoms with Gasteiger partial charge in [-0.05, 0) is 50.8 Å². The number of carbonyl (C=O) groups excluding carboxylic acids is 1. The van der Waals surface area contributed by atoms with Crippen LogP contribution in [0.1, 0.15) is 47.9 Å². The van der Waals surface area contributed by atoms with Crippen LogP contribution in [0.3, 0.4) is 0 Å². The lowest BCUT2D eigenvalue weighted by molar-refractivity contribution is 0.102. The zero-order valence-corrected chi connectivity index (χ0v) is 14.2. The van der Waals surface area contributed by atoms with Gasteiger partial charge in [0.05, 0.1) is 22.8 Å².